The van der Waals surface area contributed by atoms with Crippen molar-refractivity contribution >= 4 is 12.4 Å². The average Bonchev–Trinajstić information content (AvgIpc) is 1.95. The molecule has 1 radical (unpaired) electrons. The minimum Gasteiger partial charge on any atom is -0.263 e. The molecule has 0 atom stereocenters. The first-order valence-electron chi connectivity index (χ1n) is 3.75. The molecule has 0 saturated carbocycles. The van der Waals surface area contributed by atoms with Crippen molar-refractivity contribution in [3.8, 4) is 0 Å². The maximum Gasteiger partial charge on any atom is 0 e. The van der Waals surface area contributed by atoms with Crippen LogP contribution in [0, 0.1) is 11.5 Å². The summed E-state index contributed by atoms with van der Waals surface area (Å²) < 4.78 is 0. The molecule has 0 aromatic carbocycles. The van der Waals surface area contributed by atoms with Gasteiger partial charge < -0.3 is 0 Å². The van der Waals surface area contributed by atoms with Crippen LogP contribution < -0.4 is 0 Å². The molecule has 0 heterocycles. The smallest absolute Gasteiger partial charge is 0 e. The largest absolute Gasteiger partial charge is 0.263 e. The summed E-state index contributed by atoms with van der Waals surface area (Å²) in [4.78, 5) is 0. The fourth-order valence-electron chi connectivity index (χ4n) is 1.41. The molecule has 1 aliphatic carbocycles. The van der Waals surface area contributed by atoms with Crippen molar-refractivity contribution in [2.75, 3.05) is 0 Å². The molecule has 0 spiro atoms. The fraction of sp³-hybridized carbons (Fsp3) is 0.600. The Hall–Kier alpha value is 0.419. The molecule has 0 aromatic rings. The van der Waals surface area contributed by atoms with Gasteiger partial charge in [-0.25, -0.2) is 5.57 Å². The van der Waals surface area contributed by atoms with Crippen LogP contribution in [0.3, 0.4) is 0 Å². The van der Waals surface area contributed by atoms with Gasteiger partial charge in [0, 0.05) is 20.1 Å². The van der Waals surface area contributed by atoms with Crippen LogP contribution >= 0.6 is 12.4 Å². The monoisotopic (exact) mass is 364 g/mol. The van der Waals surface area contributed by atoms with E-state index in [-0.39, 0.29) is 37.9 Å². The van der Waals surface area contributed by atoms with Crippen molar-refractivity contribution in [2.24, 2.45) is 5.41 Å². The van der Waals surface area contributed by atoms with Crippen LogP contribution in [0.5, 0.6) is 0 Å². The Kier molecular flexibility index (Phi) is 5.72. The van der Waals surface area contributed by atoms with E-state index in [9.17, 15) is 0 Å². The van der Waals surface area contributed by atoms with Gasteiger partial charge in [0.05, 0.1) is 0 Å². The molecular weight excluding hydrogens is 348 g/mol. The normalized spacial score (nSPS) is 19.6. The van der Waals surface area contributed by atoms with Crippen LogP contribution in [0.15, 0.2) is 16.7 Å². The molecule has 1 aliphatic rings. The first-order valence-corrected chi connectivity index (χ1v) is 3.75. The maximum absolute atomic E-state index is 3.44. The van der Waals surface area contributed by atoms with Gasteiger partial charge in [0.1, 0.15) is 0 Å². The minimum absolute atomic E-state index is 0. The van der Waals surface area contributed by atoms with Crippen molar-refractivity contribution in [3.05, 3.63) is 22.8 Å². The molecule has 73 valence electrons. The molecule has 0 unspecified atom stereocenters. The Morgan fingerprint density at radius 3 is 1.58 bits per heavy atom. The summed E-state index contributed by atoms with van der Waals surface area (Å²) in [5.41, 5.74) is 4.39. The topological polar surface area (TPSA) is 0 Å². The Balaban J connectivity index is 0. The van der Waals surface area contributed by atoms with Crippen molar-refractivity contribution < 1.29 is 20.1 Å². The summed E-state index contributed by atoms with van der Waals surface area (Å²) >= 11 is 0. The number of hydrogen-bond donors (Lipinski definition) is 0. The average molecular weight is 364 g/mol. The van der Waals surface area contributed by atoms with Crippen LogP contribution in [0.25, 0.3) is 0 Å². The molecule has 0 bridgehead atoms. The zero-order valence-corrected chi connectivity index (χ0v) is 11.5. The second-order valence-electron chi connectivity index (χ2n) is 3.62. The first kappa shape index (κ1) is 14.9. The van der Waals surface area contributed by atoms with Crippen molar-refractivity contribution in [3.63, 3.8) is 0 Å². The van der Waals surface area contributed by atoms with E-state index in [1.165, 1.54) is 16.7 Å². The van der Waals surface area contributed by atoms with Crippen molar-refractivity contribution in [2.45, 2.75) is 34.6 Å². The number of rotatable bonds is 0. The van der Waals surface area contributed by atoms with Crippen LogP contribution in [0.1, 0.15) is 34.6 Å². The van der Waals surface area contributed by atoms with E-state index < -0.39 is 0 Å². The van der Waals surface area contributed by atoms with Crippen LogP contribution in [-0.4, -0.2) is 0 Å². The summed E-state index contributed by atoms with van der Waals surface area (Å²) in [7, 11) is 0. The molecule has 0 nitrogen and oxygen atoms in total. The first-order chi connectivity index (χ1) is 4.45. The third-order valence-electron chi connectivity index (χ3n) is 2.56. The van der Waals surface area contributed by atoms with Gasteiger partial charge in [-0.3, -0.25) is 6.08 Å². The van der Waals surface area contributed by atoms with Gasteiger partial charge in [-0.05, 0) is 0 Å². The molecule has 0 aliphatic heterocycles. The zero-order chi connectivity index (χ0) is 7.94. The second-order valence-corrected chi connectivity index (χ2v) is 3.62. The summed E-state index contributed by atoms with van der Waals surface area (Å²) in [6.45, 7) is 10.9. The Morgan fingerprint density at radius 1 is 1.08 bits per heavy atom. The number of halogens is 1. The van der Waals surface area contributed by atoms with Gasteiger partial charge in [-0.15, -0.1) is 19.3 Å². The van der Waals surface area contributed by atoms with E-state index in [0.29, 0.717) is 0 Å². The van der Waals surface area contributed by atoms with Crippen LogP contribution in [0.4, 0.5) is 0 Å². The maximum atomic E-state index is 3.44. The second kappa shape index (κ2) is 4.60. The van der Waals surface area contributed by atoms with E-state index in [4.69, 9.17) is 0 Å². The zero-order valence-electron chi connectivity index (χ0n) is 8.24. The van der Waals surface area contributed by atoms with E-state index in [1.807, 2.05) is 0 Å². The molecule has 0 fully saturated rings. The predicted octanol–water partition coefficient (Wildman–Crippen LogP) is 3.53. The summed E-state index contributed by atoms with van der Waals surface area (Å²) in [6.07, 6.45) is 3.44. The molecule has 0 saturated heterocycles. The third kappa shape index (κ3) is 2.45. The van der Waals surface area contributed by atoms with Crippen molar-refractivity contribution in [1.29, 1.82) is 0 Å². The van der Waals surface area contributed by atoms with Gasteiger partial charge >= 0.3 is 0 Å². The van der Waals surface area contributed by atoms with Gasteiger partial charge in [0.15, 0.2) is 0 Å². The van der Waals surface area contributed by atoms with E-state index in [2.05, 4.69) is 40.7 Å². The third-order valence-corrected chi connectivity index (χ3v) is 2.56. The van der Waals surface area contributed by atoms with Crippen LogP contribution in [-0.2, 0) is 20.1 Å². The Labute approximate surface area is 95.3 Å². The molecule has 0 aromatic heterocycles. The van der Waals surface area contributed by atoms with Crippen LogP contribution in [0.2, 0.25) is 0 Å². The van der Waals surface area contributed by atoms with Gasteiger partial charge in [0.25, 0.3) is 0 Å². The predicted molar refractivity (Wildman–Crippen MR) is 51.8 cm³/mol. The van der Waals surface area contributed by atoms with E-state index in [1.54, 1.807) is 0 Å². The van der Waals surface area contributed by atoms with Gasteiger partial charge in [-0.2, -0.15) is 11.1 Å². The standard InChI is InChI=1S/C10H15.ClH.Ir/c1-7-6-10(4,5)9(3)8(7)2;;/h1-5H3;1H;/q-1;;. The molecule has 2 heteroatoms. The van der Waals surface area contributed by atoms with E-state index in [0.717, 1.165) is 0 Å². The van der Waals surface area contributed by atoms with E-state index >= 15 is 0 Å². The SMILES string of the molecule is CC1=[C-]C(C)(C)C(C)=C1C.Cl.[Ir]. The minimum atomic E-state index is 0. The summed E-state index contributed by atoms with van der Waals surface area (Å²) in [5.74, 6) is 0. The number of allylic oxidation sites excluding steroid dienone is 4. The fourth-order valence-corrected chi connectivity index (χ4v) is 1.41. The molecule has 0 amide bonds. The Morgan fingerprint density at radius 2 is 1.50 bits per heavy atom. The van der Waals surface area contributed by atoms with Crippen molar-refractivity contribution in [1.82, 2.24) is 0 Å². The summed E-state index contributed by atoms with van der Waals surface area (Å²) in [6, 6.07) is 0. The summed E-state index contributed by atoms with van der Waals surface area (Å²) in [5, 5.41) is 0. The molecule has 1 rings (SSSR count). The Bertz CT molecular complexity index is 224. The molecule has 12 heavy (non-hydrogen) atoms. The van der Waals surface area contributed by atoms with Gasteiger partial charge in [-0.1, -0.05) is 33.1 Å². The molecule has 0 N–H and O–H groups in total. The quantitative estimate of drug-likeness (QED) is 0.577. The number of hydrogen-bond acceptors (Lipinski definition) is 0. The van der Waals surface area contributed by atoms with Gasteiger partial charge in [0.2, 0.25) is 0 Å². The molecular formula is C10H16ClIr-.